The molecule has 1 aromatic rings. The predicted molar refractivity (Wildman–Crippen MR) is 67.2 cm³/mol. The summed E-state index contributed by atoms with van der Waals surface area (Å²) >= 11 is 0. The lowest BCUT2D eigenvalue weighted by atomic mass is 10.2. The number of benzene rings is 1. The van der Waals surface area contributed by atoms with E-state index in [2.05, 4.69) is 5.32 Å². The molecule has 0 heterocycles. The number of nitro groups is 1. The molecule has 0 saturated carbocycles. The minimum Gasteiger partial charge on any atom is -0.380 e. The van der Waals surface area contributed by atoms with Gasteiger partial charge in [0.25, 0.3) is 5.69 Å². The lowest BCUT2D eigenvalue weighted by Gasteiger charge is -2.07. The third kappa shape index (κ3) is 4.03. The van der Waals surface area contributed by atoms with E-state index >= 15 is 0 Å². The Morgan fingerprint density at radius 3 is 2.76 bits per heavy atom. The molecule has 0 fully saturated rings. The average Bonchev–Trinajstić information content (AvgIpc) is 2.34. The van der Waals surface area contributed by atoms with Gasteiger partial charge in [-0.05, 0) is 25.0 Å². The highest BCUT2D eigenvalue weighted by Crippen LogP contribution is 2.25. The van der Waals surface area contributed by atoms with Crippen LogP contribution in [0.1, 0.15) is 25.8 Å². The van der Waals surface area contributed by atoms with Gasteiger partial charge in [0.2, 0.25) is 0 Å². The summed E-state index contributed by atoms with van der Waals surface area (Å²) in [6, 6.07) is 5.15. The van der Waals surface area contributed by atoms with Gasteiger partial charge in [0.15, 0.2) is 0 Å². The lowest BCUT2D eigenvalue weighted by molar-refractivity contribution is -0.384. The van der Waals surface area contributed by atoms with E-state index in [1.54, 1.807) is 12.1 Å². The van der Waals surface area contributed by atoms with Gasteiger partial charge < -0.3 is 10.1 Å². The monoisotopic (exact) mass is 238 g/mol. The van der Waals surface area contributed by atoms with Crippen LogP contribution in [0, 0.1) is 10.1 Å². The number of hydrogen-bond acceptors (Lipinski definition) is 4. The van der Waals surface area contributed by atoms with Gasteiger partial charge in [0.1, 0.15) is 5.69 Å². The molecule has 0 bridgehead atoms. The van der Waals surface area contributed by atoms with E-state index in [1.165, 1.54) is 0 Å². The highest BCUT2D eigenvalue weighted by Gasteiger charge is 2.13. The van der Waals surface area contributed by atoms with E-state index in [0.717, 1.165) is 18.5 Å². The summed E-state index contributed by atoms with van der Waals surface area (Å²) in [5, 5.41) is 14.0. The zero-order valence-corrected chi connectivity index (χ0v) is 10.2. The number of anilines is 1. The van der Waals surface area contributed by atoms with Crippen LogP contribution in [0.4, 0.5) is 11.4 Å². The minimum atomic E-state index is -0.368. The molecular weight excluding hydrogens is 220 g/mol. The quantitative estimate of drug-likeness (QED) is 0.586. The highest BCUT2D eigenvalue weighted by molar-refractivity contribution is 5.62. The molecule has 0 aliphatic rings. The molecular formula is C12H18N2O3. The van der Waals surface area contributed by atoms with Gasteiger partial charge >= 0.3 is 0 Å². The first-order valence-corrected chi connectivity index (χ1v) is 5.78. The molecule has 0 radical (unpaired) electrons. The minimum absolute atomic E-state index is 0.107. The van der Waals surface area contributed by atoms with Crippen LogP contribution in [0.3, 0.4) is 0 Å². The van der Waals surface area contributed by atoms with Crippen molar-refractivity contribution >= 4 is 11.4 Å². The Hall–Kier alpha value is -1.62. The van der Waals surface area contributed by atoms with E-state index in [-0.39, 0.29) is 10.6 Å². The maximum atomic E-state index is 10.9. The largest absolute Gasteiger partial charge is 0.380 e. The fourth-order valence-electron chi connectivity index (χ4n) is 1.45. The molecule has 17 heavy (non-hydrogen) atoms. The fraction of sp³-hybridized carbons (Fsp3) is 0.500. The molecule has 1 N–H and O–H groups in total. The maximum absolute atomic E-state index is 10.9. The summed E-state index contributed by atoms with van der Waals surface area (Å²) in [4.78, 5) is 10.6. The van der Waals surface area contributed by atoms with Gasteiger partial charge in [0, 0.05) is 19.2 Å². The van der Waals surface area contributed by atoms with Crippen LogP contribution in [0.2, 0.25) is 0 Å². The second-order valence-corrected chi connectivity index (χ2v) is 3.67. The second kappa shape index (κ2) is 6.85. The van der Waals surface area contributed by atoms with Crippen molar-refractivity contribution in [3.05, 3.63) is 33.9 Å². The highest BCUT2D eigenvalue weighted by atomic mass is 16.6. The normalized spacial score (nSPS) is 10.2. The van der Waals surface area contributed by atoms with Crippen molar-refractivity contribution in [3.63, 3.8) is 0 Å². The summed E-state index contributed by atoms with van der Waals surface area (Å²) in [6.45, 7) is 5.65. The van der Waals surface area contributed by atoms with Crippen molar-refractivity contribution < 1.29 is 9.66 Å². The van der Waals surface area contributed by atoms with Crippen molar-refractivity contribution in [1.82, 2.24) is 0 Å². The Balaban J connectivity index is 2.87. The molecule has 0 atom stereocenters. The topological polar surface area (TPSA) is 64.4 Å². The second-order valence-electron chi connectivity index (χ2n) is 3.67. The Bertz CT molecular complexity index is 380. The standard InChI is InChI=1S/C12H18N2O3/c1-3-7-13-11-6-5-10(9-17-4-2)8-12(11)14(15)16/h5-6,8,13H,3-4,7,9H2,1-2H3. The third-order valence-electron chi connectivity index (χ3n) is 2.30. The van der Waals surface area contributed by atoms with Crippen LogP contribution < -0.4 is 5.32 Å². The molecule has 1 aromatic carbocycles. The van der Waals surface area contributed by atoms with Crippen LogP contribution in [0.15, 0.2) is 18.2 Å². The van der Waals surface area contributed by atoms with Crippen molar-refractivity contribution in [3.8, 4) is 0 Å². The van der Waals surface area contributed by atoms with Gasteiger partial charge in [0.05, 0.1) is 11.5 Å². The van der Waals surface area contributed by atoms with Crippen LogP contribution in [0.25, 0.3) is 0 Å². The Morgan fingerprint density at radius 1 is 1.41 bits per heavy atom. The van der Waals surface area contributed by atoms with Gasteiger partial charge in [-0.2, -0.15) is 0 Å². The summed E-state index contributed by atoms with van der Waals surface area (Å²) in [5.41, 5.74) is 1.49. The van der Waals surface area contributed by atoms with Gasteiger partial charge in [-0.1, -0.05) is 13.0 Å². The van der Waals surface area contributed by atoms with Gasteiger partial charge in [-0.15, -0.1) is 0 Å². The number of nitrogens with zero attached hydrogens (tertiary/aromatic N) is 1. The summed E-state index contributed by atoms with van der Waals surface area (Å²) in [7, 11) is 0. The molecule has 1 rings (SSSR count). The first-order chi connectivity index (χ1) is 8.19. The third-order valence-corrected chi connectivity index (χ3v) is 2.30. The van der Waals surface area contributed by atoms with Gasteiger partial charge in [-0.3, -0.25) is 10.1 Å². The molecule has 0 aliphatic heterocycles. The Morgan fingerprint density at radius 2 is 2.18 bits per heavy atom. The molecule has 0 saturated heterocycles. The number of ether oxygens (including phenoxy) is 1. The Kier molecular flexibility index (Phi) is 5.42. The van der Waals surface area contributed by atoms with Gasteiger partial charge in [-0.25, -0.2) is 0 Å². The molecule has 5 nitrogen and oxygen atoms in total. The van der Waals surface area contributed by atoms with E-state index < -0.39 is 0 Å². The van der Waals surface area contributed by atoms with Crippen molar-refractivity contribution in [2.45, 2.75) is 26.9 Å². The molecule has 5 heteroatoms. The van der Waals surface area contributed by atoms with E-state index in [9.17, 15) is 10.1 Å². The van der Waals surface area contributed by atoms with Crippen molar-refractivity contribution in [2.24, 2.45) is 0 Å². The fourth-order valence-corrected chi connectivity index (χ4v) is 1.45. The van der Waals surface area contributed by atoms with Crippen LogP contribution in [0.5, 0.6) is 0 Å². The molecule has 0 unspecified atom stereocenters. The predicted octanol–water partition coefficient (Wildman–Crippen LogP) is 2.95. The van der Waals surface area contributed by atoms with E-state index in [4.69, 9.17) is 4.74 Å². The molecule has 0 amide bonds. The number of hydrogen-bond donors (Lipinski definition) is 1. The van der Waals surface area contributed by atoms with E-state index in [0.29, 0.717) is 18.9 Å². The number of nitro benzene ring substituents is 1. The molecule has 94 valence electrons. The smallest absolute Gasteiger partial charge is 0.292 e. The molecule has 0 aromatic heterocycles. The number of nitrogens with one attached hydrogen (secondary N) is 1. The maximum Gasteiger partial charge on any atom is 0.292 e. The van der Waals surface area contributed by atoms with Crippen molar-refractivity contribution in [1.29, 1.82) is 0 Å². The molecule has 0 spiro atoms. The van der Waals surface area contributed by atoms with Crippen molar-refractivity contribution in [2.75, 3.05) is 18.5 Å². The summed E-state index contributed by atoms with van der Waals surface area (Å²) in [5.74, 6) is 0. The lowest BCUT2D eigenvalue weighted by Crippen LogP contribution is -2.04. The van der Waals surface area contributed by atoms with E-state index in [1.807, 2.05) is 19.9 Å². The van der Waals surface area contributed by atoms with Crippen LogP contribution >= 0.6 is 0 Å². The summed E-state index contributed by atoms with van der Waals surface area (Å²) in [6.07, 6.45) is 0.928. The van der Waals surface area contributed by atoms with Crippen LogP contribution in [-0.4, -0.2) is 18.1 Å². The first-order valence-electron chi connectivity index (χ1n) is 5.78. The first kappa shape index (κ1) is 13.4. The number of rotatable bonds is 7. The zero-order chi connectivity index (χ0) is 12.7. The Labute approximate surface area is 101 Å². The van der Waals surface area contributed by atoms with Crippen LogP contribution in [-0.2, 0) is 11.3 Å². The summed E-state index contributed by atoms with van der Waals surface area (Å²) < 4.78 is 5.23. The average molecular weight is 238 g/mol. The molecule has 0 aliphatic carbocycles. The SMILES string of the molecule is CCCNc1ccc(COCC)cc1[N+](=O)[O-]. The zero-order valence-electron chi connectivity index (χ0n) is 10.2.